The number of carbonyl (C=O) groups excluding carboxylic acids is 3. The fourth-order valence-electron chi connectivity index (χ4n) is 5.29. The minimum atomic E-state index is -0.726. The van der Waals surface area contributed by atoms with Gasteiger partial charge in [0.2, 0.25) is 17.7 Å². The van der Waals surface area contributed by atoms with E-state index in [4.69, 9.17) is 0 Å². The van der Waals surface area contributed by atoms with Crippen LogP contribution in [0, 0.1) is 5.92 Å². The SMILES string of the molecule is CN(C)c1ccc(C2c3sc(=O)n(CC(=O)Nc4ccccc4)c3SC3C(=O)N(c4ccccc4)C(=O)C32)cc1. The molecule has 1 fully saturated rings. The smallest absolute Gasteiger partial charge is 0.308 e. The van der Waals surface area contributed by atoms with Gasteiger partial charge in [0.1, 0.15) is 11.8 Å². The average Bonchev–Trinajstić information content (AvgIpc) is 3.40. The number of para-hydroxylation sites is 2. The molecular weight excluding hydrogens is 544 g/mol. The number of hydrogen-bond donors (Lipinski definition) is 1. The van der Waals surface area contributed by atoms with Crippen LogP contribution in [0.4, 0.5) is 17.1 Å². The predicted octanol–water partition coefficient (Wildman–Crippen LogP) is 4.41. The number of thiazole rings is 1. The fourth-order valence-corrected chi connectivity index (χ4v) is 8.06. The van der Waals surface area contributed by atoms with E-state index in [0.29, 0.717) is 21.3 Å². The van der Waals surface area contributed by atoms with E-state index in [2.05, 4.69) is 5.32 Å². The molecule has 3 unspecified atom stereocenters. The van der Waals surface area contributed by atoms with Gasteiger partial charge in [-0.2, -0.15) is 0 Å². The molecule has 3 amide bonds. The second-order valence-electron chi connectivity index (χ2n) is 9.91. The molecule has 4 aromatic rings. The summed E-state index contributed by atoms with van der Waals surface area (Å²) < 4.78 is 1.43. The van der Waals surface area contributed by atoms with Crippen LogP contribution in [0.5, 0.6) is 0 Å². The summed E-state index contributed by atoms with van der Waals surface area (Å²) in [6.07, 6.45) is 0. The Hall–Kier alpha value is -4.15. The summed E-state index contributed by atoms with van der Waals surface area (Å²) in [6.45, 7) is -0.194. The molecule has 0 radical (unpaired) electrons. The van der Waals surface area contributed by atoms with Gasteiger partial charge in [-0.3, -0.25) is 23.7 Å². The lowest BCUT2D eigenvalue weighted by atomic mass is 9.83. The van der Waals surface area contributed by atoms with Crippen LogP contribution in [0.1, 0.15) is 16.4 Å². The number of benzene rings is 3. The highest BCUT2D eigenvalue weighted by molar-refractivity contribution is 8.00. The normalized spacial score (nSPS) is 19.8. The Morgan fingerprint density at radius 3 is 2.17 bits per heavy atom. The summed E-state index contributed by atoms with van der Waals surface area (Å²) in [7, 11) is 3.90. The Morgan fingerprint density at radius 2 is 1.52 bits per heavy atom. The highest BCUT2D eigenvalue weighted by Gasteiger charge is 2.56. The first-order chi connectivity index (χ1) is 19.3. The summed E-state index contributed by atoms with van der Waals surface area (Å²) in [5.74, 6) is -2.12. The van der Waals surface area contributed by atoms with Crippen molar-refractivity contribution in [1.82, 2.24) is 4.57 Å². The molecular formula is C30H26N4O4S2. The second kappa shape index (κ2) is 10.4. The zero-order valence-corrected chi connectivity index (χ0v) is 23.4. The standard InChI is InChI=1S/C30H26N4O4S2/c1-32(2)20-15-13-18(14-16-20)23-24-25(28(37)34(27(24)36)21-11-7-4-8-12-21)39-29-26(23)40-30(38)33(29)17-22(35)31-19-9-5-3-6-10-19/h3-16,23-25H,17H2,1-2H3,(H,31,35). The van der Waals surface area contributed by atoms with E-state index in [0.717, 1.165) is 22.6 Å². The van der Waals surface area contributed by atoms with Crippen LogP contribution in [0.15, 0.2) is 94.7 Å². The zero-order valence-electron chi connectivity index (χ0n) is 21.8. The summed E-state index contributed by atoms with van der Waals surface area (Å²) >= 11 is 2.26. The summed E-state index contributed by atoms with van der Waals surface area (Å²) in [6, 6.07) is 25.8. The molecule has 0 bridgehead atoms. The van der Waals surface area contributed by atoms with Crippen molar-refractivity contribution in [2.45, 2.75) is 22.7 Å². The maximum atomic E-state index is 13.9. The van der Waals surface area contributed by atoms with Crippen molar-refractivity contribution in [3.63, 3.8) is 0 Å². The molecule has 1 aromatic heterocycles. The second-order valence-corrected chi connectivity index (χ2v) is 12.0. The molecule has 2 aliphatic heterocycles. The van der Waals surface area contributed by atoms with Crippen LogP contribution in [0.2, 0.25) is 0 Å². The number of carbonyl (C=O) groups is 3. The van der Waals surface area contributed by atoms with E-state index in [-0.39, 0.29) is 29.1 Å². The number of thioether (sulfide) groups is 1. The van der Waals surface area contributed by atoms with Crippen LogP contribution in [0.25, 0.3) is 0 Å². The van der Waals surface area contributed by atoms with Gasteiger partial charge in [-0.15, -0.1) is 0 Å². The Morgan fingerprint density at radius 1 is 0.875 bits per heavy atom. The van der Waals surface area contributed by atoms with Gasteiger partial charge in [0.15, 0.2) is 0 Å². The number of hydrogen-bond acceptors (Lipinski definition) is 7. The van der Waals surface area contributed by atoms with Crippen molar-refractivity contribution in [3.05, 3.63) is 105 Å². The van der Waals surface area contributed by atoms with Crippen molar-refractivity contribution in [3.8, 4) is 0 Å². The average molecular weight is 571 g/mol. The third-order valence-electron chi connectivity index (χ3n) is 7.19. The molecule has 202 valence electrons. The minimum absolute atomic E-state index is 0.194. The number of imide groups is 1. The Bertz CT molecular complexity index is 1650. The molecule has 3 heterocycles. The lowest BCUT2D eigenvalue weighted by Gasteiger charge is -2.31. The summed E-state index contributed by atoms with van der Waals surface area (Å²) in [5, 5.41) is 2.67. The van der Waals surface area contributed by atoms with E-state index in [1.54, 1.807) is 36.4 Å². The Balaban J connectivity index is 1.42. The van der Waals surface area contributed by atoms with Crippen LogP contribution < -0.4 is 20.0 Å². The number of anilines is 3. The molecule has 3 atom stereocenters. The van der Waals surface area contributed by atoms with Crippen molar-refractivity contribution < 1.29 is 14.4 Å². The van der Waals surface area contributed by atoms with Gasteiger partial charge in [-0.05, 0) is 42.0 Å². The first-order valence-corrected chi connectivity index (χ1v) is 14.5. The Kier molecular flexibility index (Phi) is 6.81. The van der Waals surface area contributed by atoms with E-state index >= 15 is 0 Å². The van der Waals surface area contributed by atoms with Gasteiger partial charge in [-0.25, -0.2) is 4.90 Å². The van der Waals surface area contributed by atoms with Gasteiger partial charge >= 0.3 is 4.87 Å². The predicted molar refractivity (Wildman–Crippen MR) is 158 cm³/mol. The molecule has 2 aliphatic rings. The molecule has 40 heavy (non-hydrogen) atoms. The van der Waals surface area contributed by atoms with Gasteiger partial charge in [-0.1, -0.05) is 71.6 Å². The number of rotatable bonds is 6. The number of aromatic nitrogens is 1. The van der Waals surface area contributed by atoms with Crippen LogP contribution in [-0.4, -0.2) is 41.6 Å². The lowest BCUT2D eigenvalue weighted by molar-refractivity contribution is -0.122. The minimum Gasteiger partial charge on any atom is -0.378 e. The van der Waals surface area contributed by atoms with Crippen LogP contribution >= 0.6 is 23.1 Å². The van der Waals surface area contributed by atoms with Gasteiger partial charge in [0.05, 0.1) is 16.6 Å². The van der Waals surface area contributed by atoms with Crippen molar-refractivity contribution in [2.75, 3.05) is 29.2 Å². The zero-order chi connectivity index (χ0) is 28.0. The number of nitrogens with zero attached hydrogens (tertiary/aromatic N) is 3. The Labute approximate surface area is 239 Å². The maximum Gasteiger partial charge on any atom is 0.308 e. The number of amides is 3. The lowest BCUT2D eigenvalue weighted by Crippen LogP contribution is -2.33. The first-order valence-electron chi connectivity index (χ1n) is 12.8. The quantitative estimate of drug-likeness (QED) is 0.346. The summed E-state index contributed by atoms with van der Waals surface area (Å²) in [5.41, 5.74) is 3.00. The topological polar surface area (TPSA) is 91.7 Å². The van der Waals surface area contributed by atoms with Gasteiger partial charge in [0.25, 0.3) is 0 Å². The van der Waals surface area contributed by atoms with E-state index in [1.807, 2.05) is 67.5 Å². The highest BCUT2D eigenvalue weighted by atomic mass is 32.2. The number of fused-ring (bicyclic) bond motifs is 2. The third-order valence-corrected chi connectivity index (χ3v) is 9.80. The van der Waals surface area contributed by atoms with Gasteiger partial charge < -0.3 is 10.2 Å². The largest absolute Gasteiger partial charge is 0.378 e. The molecule has 0 spiro atoms. The first kappa shape index (κ1) is 26.1. The highest BCUT2D eigenvalue weighted by Crippen LogP contribution is 2.54. The molecule has 1 saturated heterocycles. The number of nitrogens with one attached hydrogen (secondary N) is 1. The van der Waals surface area contributed by atoms with Gasteiger partial charge in [0, 0.05) is 36.3 Å². The molecule has 1 N–H and O–H groups in total. The molecule has 0 saturated carbocycles. The molecule has 10 heteroatoms. The van der Waals surface area contributed by atoms with Crippen molar-refractivity contribution in [2.24, 2.45) is 5.92 Å². The van der Waals surface area contributed by atoms with Crippen LogP contribution in [0.3, 0.4) is 0 Å². The fraction of sp³-hybridized carbons (Fsp3) is 0.200. The van der Waals surface area contributed by atoms with E-state index in [9.17, 15) is 19.2 Å². The molecule has 6 rings (SSSR count). The molecule has 0 aliphatic carbocycles. The maximum absolute atomic E-state index is 13.9. The van der Waals surface area contributed by atoms with Crippen molar-refractivity contribution in [1.29, 1.82) is 0 Å². The summed E-state index contributed by atoms with van der Waals surface area (Å²) in [4.78, 5) is 57.6. The van der Waals surface area contributed by atoms with Crippen molar-refractivity contribution >= 4 is 57.9 Å². The van der Waals surface area contributed by atoms with E-state index < -0.39 is 17.1 Å². The monoisotopic (exact) mass is 570 g/mol. The third kappa shape index (κ3) is 4.52. The van der Waals surface area contributed by atoms with Crippen LogP contribution in [-0.2, 0) is 20.9 Å². The molecule has 8 nitrogen and oxygen atoms in total. The van der Waals surface area contributed by atoms with E-state index in [1.165, 1.54) is 21.2 Å². The molecule has 3 aromatic carbocycles.